The second-order valence-corrected chi connectivity index (χ2v) is 4.60. The summed E-state index contributed by atoms with van der Waals surface area (Å²) in [5, 5.41) is 21.4. The maximum Gasteiger partial charge on any atom is 0.0589 e. The van der Waals surface area contributed by atoms with Gasteiger partial charge in [-0.15, -0.1) is 0 Å². The molecule has 0 aliphatic heterocycles. The van der Waals surface area contributed by atoms with Crippen LogP contribution in [0.2, 0.25) is 0 Å². The number of nitrogens with zero attached hydrogens (tertiary/aromatic N) is 1. The van der Waals surface area contributed by atoms with Crippen molar-refractivity contribution in [1.82, 2.24) is 10.2 Å². The largest absolute Gasteiger partial charge is 0.396 e. The topological polar surface area (TPSA) is 65.0 Å². The van der Waals surface area contributed by atoms with E-state index in [1.54, 1.807) is 7.11 Å². The molecule has 0 atom stereocenters. The van der Waals surface area contributed by atoms with Crippen molar-refractivity contribution in [2.24, 2.45) is 5.41 Å². The highest BCUT2D eigenvalue weighted by atomic mass is 16.5. The molecule has 0 unspecified atom stereocenters. The Balaban J connectivity index is 3.51. The molecule has 3 N–H and O–H groups in total. The Labute approximate surface area is 98.4 Å². The fourth-order valence-corrected chi connectivity index (χ4v) is 1.18. The van der Waals surface area contributed by atoms with E-state index in [-0.39, 0.29) is 13.2 Å². The van der Waals surface area contributed by atoms with Gasteiger partial charge < -0.3 is 25.2 Å². The van der Waals surface area contributed by atoms with E-state index in [2.05, 4.69) is 10.2 Å². The number of rotatable bonds is 10. The summed E-state index contributed by atoms with van der Waals surface area (Å²) in [6, 6.07) is 0. The Morgan fingerprint density at radius 1 is 1.25 bits per heavy atom. The third-order valence-electron chi connectivity index (χ3n) is 2.66. The van der Waals surface area contributed by atoms with Gasteiger partial charge in [-0.25, -0.2) is 0 Å². The van der Waals surface area contributed by atoms with Gasteiger partial charge in [0.1, 0.15) is 0 Å². The van der Waals surface area contributed by atoms with Crippen LogP contribution < -0.4 is 5.32 Å². The number of methoxy groups -OCH3 is 1. The standard InChI is InChI=1S/C11H26N2O3/c1-11(9-14,10-15)8-12-4-5-13(2)6-7-16-3/h12,14-15H,4-10H2,1-3H3. The van der Waals surface area contributed by atoms with Gasteiger partial charge in [-0.1, -0.05) is 6.92 Å². The van der Waals surface area contributed by atoms with Gasteiger partial charge in [0.25, 0.3) is 0 Å². The number of aliphatic hydroxyl groups is 2. The summed E-state index contributed by atoms with van der Waals surface area (Å²) in [6.07, 6.45) is 0. The van der Waals surface area contributed by atoms with Gasteiger partial charge in [-0.2, -0.15) is 0 Å². The molecule has 16 heavy (non-hydrogen) atoms. The van der Waals surface area contributed by atoms with E-state index >= 15 is 0 Å². The van der Waals surface area contributed by atoms with Crippen LogP contribution >= 0.6 is 0 Å². The molecule has 98 valence electrons. The maximum absolute atomic E-state index is 9.08. The molecule has 0 saturated heterocycles. The van der Waals surface area contributed by atoms with Crippen LogP contribution in [0.4, 0.5) is 0 Å². The first-order valence-electron chi connectivity index (χ1n) is 5.68. The lowest BCUT2D eigenvalue weighted by Gasteiger charge is -2.25. The lowest BCUT2D eigenvalue weighted by molar-refractivity contribution is 0.0692. The first-order valence-corrected chi connectivity index (χ1v) is 5.68. The molecule has 0 aromatic rings. The van der Waals surface area contributed by atoms with Gasteiger partial charge in [0.05, 0.1) is 19.8 Å². The summed E-state index contributed by atoms with van der Waals surface area (Å²) in [4.78, 5) is 2.17. The van der Waals surface area contributed by atoms with Crippen LogP contribution in [-0.4, -0.2) is 75.3 Å². The summed E-state index contributed by atoms with van der Waals surface area (Å²) in [5.41, 5.74) is -0.425. The third-order valence-corrected chi connectivity index (χ3v) is 2.66. The summed E-state index contributed by atoms with van der Waals surface area (Å²) in [5.74, 6) is 0. The van der Waals surface area contributed by atoms with Crippen LogP contribution in [0.3, 0.4) is 0 Å². The van der Waals surface area contributed by atoms with Crippen LogP contribution in [0.25, 0.3) is 0 Å². The quantitative estimate of drug-likeness (QED) is 0.430. The van der Waals surface area contributed by atoms with Crippen molar-refractivity contribution in [3.05, 3.63) is 0 Å². The average molecular weight is 234 g/mol. The number of aliphatic hydroxyl groups excluding tert-OH is 2. The predicted molar refractivity (Wildman–Crippen MR) is 64.5 cm³/mol. The number of hydrogen-bond acceptors (Lipinski definition) is 5. The molecule has 0 aliphatic carbocycles. The first kappa shape index (κ1) is 15.8. The van der Waals surface area contributed by atoms with Crippen LogP contribution in [0.1, 0.15) is 6.92 Å². The summed E-state index contributed by atoms with van der Waals surface area (Å²) in [7, 11) is 3.73. The zero-order valence-electron chi connectivity index (χ0n) is 10.7. The predicted octanol–water partition coefficient (Wildman–Crippen LogP) is -0.855. The van der Waals surface area contributed by atoms with Gasteiger partial charge in [0.2, 0.25) is 0 Å². The Morgan fingerprint density at radius 3 is 2.38 bits per heavy atom. The van der Waals surface area contributed by atoms with E-state index < -0.39 is 5.41 Å². The average Bonchev–Trinajstić information content (AvgIpc) is 2.31. The molecular weight excluding hydrogens is 208 g/mol. The lowest BCUT2D eigenvalue weighted by atomic mass is 9.93. The number of ether oxygens (including phenoxy) is 1. The fourth-order valence-electron chi connectivity index (χ4n) is 1.18. The second kappa shape index (κ2) is 8.90. The molecule has 0 spiro atoms. The molecule has 0 heterocycles. The highest BCUT2D eigenvalue weighted by Gasteiger charge is 2.21. The number of likely N-dealkylation sites (N-methyl/N-ethyl adjacent to an activating group) is 1. The van der Waals surface area contributed by atoms with Gasteiger partial charge in [-0.3, -0.25) is 0 Å². The van der Waals surface area contributed by atoms with E-state index in [1.807, 2.05) is 14.0 Å². The van der Waals surface area contributed by atoms with Crippen LogP contribution in [0.5, 0.6) is 0 Å². The van der Waals surface area contributed by atoms with Gasteiger partial charge in [0.15, 0.2) is 0 Å². The molecule has 0 aliphatic rings. The van der Waals surface area contributed by atoms with Crippen molar-refractivity contribution < 1.29 is 14.9 Å². The second-order valence-electron chi connectivity index (χ2n) is 4.60. The highest BCUT2D eigenvalue weighted by molar-refractivity contribution is 4.74. The van der Waals surface area contributed by atoms with Crippen molar-refractivity contribution >= 4 is 0 Å². The molecule has 0 radical (unpaired) electrons. The fraction of sp³-hybridized carbons (Fsp3) is 1.00. The summed E-state index contributed by atoms with van der Waals surface area (Å²) >= 11 is 0. The highest BCUT2D eigenvalue weighted by Crippen LogP contribution is 2.11. The molecule has 0 amide bonds. The van der Waals surface area contributed by atoms with Crippen molar-refractivity contribution in [2.75, 3.05) is 60.2 Å². The Bertz CT molecular complexity index is 163. The van der Waals surface area contributed by atoms with E-state index in [1.165, 1.54) is 0 Å². The molecule has 5 nitrogen and oxygen atoms in total. The first-order chi connectivity index (χ1) is 7.58. The van der Waals surface area contributed by atoms with Crippen molar-refractivity contribution in [3.8, 4) is 0 Å². The van der Waals surface area contributed by atoms with E-state index in [0.717, 1.165) is 26.2 Å². The Kier molecular flexibility index (Phi) is 8.78. The zero-order valence-corrected chi connectivity index (χ0v) is 10.7. The molecule has 0 rings (SSSR count). The molecule has 5 heteroatoms. The van der Waals surface area contributed by atoms with Gasteiger partial charge in [-0.05, 0) is 7.05 Å². The minimum Gasteiger partial charge on any atom is -0.396 e. The SMILES string of the molecule is COCCN(C)CCNCC(C)(CO)CO. The van der Waals surface area contributed by atoms with Crippen molar-refractivity contribution in [1.29, 1.82) is 0 Å². The molecule has 0 aromatic carbocycles. The minimum atomic E-state index is -0.425. The Hall–Kier alpha value is -0.200. The van der Waals surface area contributed by atoms with Gasteiger partial charge in [0, 0.05) is 38.7 Å². The monoisotopic (exact) mass is 234 g/mol. The molecule has 0 fully saturated rings. The molecule has 0 aromatic heterocycles. The van der Waals surface area contributed by atoms with E-state index in [4.69, 9.17) is 14.9 Å². The van der Waals surface area contributed by atoms with E-state index in [9.17, 15) is 0 Å². The lowest BCUT2D eigenvalue weighted by Crippen LogP contribution is -2.40. The zero-order chi connectivity index (χ0) is 12.4. The Morgan fingerprint density at radius 2 is 1.88 bits per heavy atom. The maximum atomic E-state index is 9.08. The number of nitrogens with one attached hydrogen (secondary N) is 1. The summed E-state index contributed by atoms with van der Waals surface area (Å²) in [6.45, 7) is 5.89. The van der Waals surface area contributed by atoms with Crippen LogP contribution in [0, 0.1) is 5.41 Å². The molecule has 0 saturated carbocycles. The summed E-state index contributed by atoms with van der Waals surface area (Å²) < 4.78 is 4.98. The normalized spacial score (nSPS) is 12.4. The molecular formula is C11H26N2O3. The van der Waals surface area contributed by atoms with Crippen molar-refractivity contribution in [3.63, 3.8) is 0 Å². The van der Waals surface area contributed by atoms with Crippen molar-refractivity contribution in [2.45, 2.75) is 6.92 Å². The molecule has 0 bridgehead atoms. The third kappa shape index (κ3) is 7.14. The van der Waals surface area contributed by atoms with Crippen LogP contribution in [0.15, 0.2) is 0 Å². The number of hydrogen-bond donors (Lipinski definition) is 3. The van der Waals surface area contributed by atoms with E-state index in [0.29, 0.717) is 6.54 Å². The van der Waals surface area contributed by atoms with Gasteiger partial charge >= 0.3 is 0 Å². The smallest absolute Gasteiger partial charge is 0.0589 e. The van der Waals surface area contributed by atoms with Crippen LogP contribution in [-0.2, 0) is 4.74 Å². The minimum absolute atomic E-state index is 0.00395.